The number of aromatic nitrogens is 2. The smallest absolute Gasteiger partial charge is 0.319 e. The number of fused-ring (bicyclic) bond motifs is 3. The van der Waals surface area contributed by atoms with Crippen molar-refractivity contribution in [2.75, 3.05) is 6.61 Å². The van der Waals surface area contributed by atoms with Gasteiger partial charge < -0.3 is 9.72 Å². The molecule has 0 saturated heterocycles. The number of H-pyrrole nitrogens is 1. The number of carbonyl (C=O) groups is 1. The van der Waals surface area contributed by atoms with Gasteiger partial charge in [0.2, 0.25) is 0 Å². The lowest BCUT2D eigenvalue weighted by atomic mass is 9.89. The normalized spacial score (nSPS) is 18.1. The van der Waals surface area contributed by atoms with Crippen LogP contribution in [0.3, 0.4) is 0 Å². The van der Waals surface area contributed by atoms with Crippen molar-refractivity contribution in [3.8, 4) is 0 Å². The molecule has 0 aliphatic heterocycles. The second kappa shape index (κ2) is 7.91. The predicted octanol–water partition coefficient (Wildman–Crippen LogP) is 3.93. The van der Waals surface area contributed by atoms with Gasteiger partial charge in [0.25, 0.3) is 5.56 Å². The highest BCUT2D eigenvalue weighted by molar-refractivity contribution is 8.00. The van der Waals surface area contributed by atoms with Gasteiger partial charge in [0, 0.05) is 4.88 Å². The number of carbonyl (C=O) groups excluding carboxylic acids is 1. The number of hydrogen-bond acceptors (Lipinski definition) is 6. The van der Waals surface area contributed by atoms with Crippen molar-refractivity contribution in [1.29, 1.82) is 0 Å². The molecule has 0 aromatic carbocycles. The van der Waals surface area contributed by atoms with E-state index in [1.807, 2.05) is 0 Å². The minimum Gasteiger partial charge on any atom is -0.465 e. The Hall–Kier alpha value is -1.34. The summed E-state index contributed by atoms with van der Waals surface area (Å²) in [4.78, 5) is 34.1. The van der Waals surface area contributed by atoms with Gasteiger partial charge in [-0.1, -0.05) is 32.0 Å². The van der Waals surface area contributed by atoms with Crippen LogP contribution in [-0.4, -0.2) is 27.8 Å². The van der Waals surface area contributed by atoms with Gasteiger partial charge in [0.1, 0.15) is 10.1 Å². The predicted molar refractivity (Wildman–Crippen MR) is 103 cm³/mol. The number of hydrogen-bond donors (Lipinski definition) is 1. The Bertz CT molecular complexity index is 828. The molecule has 0 unspecified atom stereocenters. The number of thiophene rings is 1. The van der Waals surface area contributed by atoms with E-state index in [4.69, 9.17) is 4.74 Å². The molecule has 1 aliphatic carbocycles. The standard InChI is InChI=1S/C18H24N2O3S2/c1-4-5-8-23-17(22)11(3)24-18-19-15(21)14-12-7-6-10(2)9-13(12)25-16(14)20-18/h10-11H,4-9H2,1-3H3,(H,19,20,21)/t10-,11+/m0/s1. The molecule has 136 valence electrons. The molecular formula is C18H24N2O3S2. The third-order valence-electron chi connectivity index (χ3n) is 4.51. The van der Waals surface area contributed by atoms with Crippen molar-refractivity contribution in [1.82, 2.24) is 9.97 Å². The quantitative estimate of drug-likeness (QED) is 0.356. The van der Waals surface area contributed by atoms with Crippen LogP contribution < -0.4 is 5.56 Å². The topological polar surface area (TPSA) is 72.0 Å². The fourth-order valence-electron chi connectivity index (χ4n) is 3.03. The highest BCUT2D eigenvalue weighted by atomic mass is 32.2. The Balaban J connectivity index is 1.79. The highest BCUT2D eigenvalue weighted by Crippen LogP contribution is 2.36. The number of aromatic amines is 1. The van der Waals surface area contributed by atoms with Crippen molar-refractivity contribution in [3.63, 3.8) is 0 Å². The first-order chi connectivity index (χ1) is 12.0. The third-order valence-corrected chi connectivity index (χ3v) is 6.62. The summed E-state index contributed by atoms with van der Waals surface area (Å²) >= 11 is 2.87. The Morgan fingerprint density at radius 1 is 1.52 bits per heavy atom. The second-order valence-corrected chi connectivity index (χ2v) is 9.10. The van der Waals surface area contributed by atoms with Crippen molar-refractivity contribution >= 4 is 39.3 Å². The zero-order chi connectivity index (χ0) is 18.0. The summed E-state index contributed by atoms with van der Waals surface area (Å²) in [6, 6.07) is 0. The van der Waals surface area contributed by atoms with Crippen LogP contribution in [0.4, 0.5) is 0 Å². The van der Waals surface area contributed by atoms with E-state index < -0.39 is 5.25 Å². The molecule has 0 bridgehead atoms. The molecule has 1 N–H and O–H groups in total. The lowest BCUT2D eigenvalue weighted by Crippen LogP contribution is -2.19. The van der Waals surface area contributed by atoms with E-state index in [1.165, 1.54) is 22.2 Å². The summed E-state index contributed by atoms with van der Waals surface area (Å²) in [5.74, 6) is 0.395. The van der Waals surface area contributed by atoms with Gasteiger partial charge in [-0.3, -0.25) is 9.59 Å². The largest absolute Gasteiger partial charge is 0.465 e. The minimum atomic E-state index is -0.396. The molecule has 2 aromatic rings. The van der Waals surface area contributed by atoms with Crippen LogP contribution in [0.1, 0.15) is 50.5 Å². The van der Waals surface area contributed by atoms with E-state index in [-0.39, 0.29) is 11.5 Å². The Kier molecular flexibility index (Phi) is 5.84. The molecule has 2 atom stereocenters. The van der Waals surface area contributed by atoms with Crippen LogP contribution in [0.25, 0.3) is 10.2 Å². The summed E-state index contributed by atoms with van der Waals surface area (Å²) in [5, 5.41) is 0.838. The van der Waals surface area contributed by atoms with Crippen molar-refractivity contribution in [2.24, 2.45) is 5.92 Å². The Morgan fingerprint density at radius 2 is 2.32 bits per heavy atom. The monoisotopic (exact) mass is 380 g/mol. The molecule has 0 amide bonds. The van der Waals surface area contributed by atoms with Crippen LogP contribution in [0, 0.1) is 5.92 Å². The van der Waals surface area contributed by atoms with Crippen molar-refractivity contribution < 1.29 is 9.53 Å². The van der Waals surface area contributed by atoms with Crippen LogP contribution in [0.5, 0.6) is 0 Å². The lowest BCUT2D eigenvalue weighted by Gasteiger charge is -2.17. The maximum atomic E-state index is 12.6. The Morgan fingerprint density at radius 3 is 3.08 bits per heavy atom. The number of rotatable bonds is 6. The maximum Gasteiger partial charge on any atom is 0.319 e. The summed E-state index contributed by atoms with van der Waals surface area (Å²) < 4.78 is 5.24. The summed E-state index contributed by atoms with van der Waals surface area (Å²) in [6.45, 7) is 6.53. The van der Waals surface area contributed by atoms with Gasteiger partial charge in [-0.15, -0.1) is 11.3 Å². The fourth-order valence-corrected chi connectivity index (χ4v) is 5.27. The molecule has 7 heteroatoms. The van der Waals surface area contributed by atoms with Crippen LogP contribution >= 0.6 is 23.1 Å². The van der Waals surface area contributed by atoms with Gasteiger partial charge >= 0.3 is 5.97 Å². The first-order valence-electron chi connectivity index (χ1n) is 8.87. The first-order valence-corrected chi connectivity index (χ1v) is 10.6. The molecule has 25 heavy (non-hydrogen) atoms. The Labute approximate surface area is 155 Å². The van der Waals surface area contributed by atoms with Gasteiger partial charge in [-0.2, -0.15) is 0 Å². The van der Waals surface area contributed by atoms with E-state index >= 15 is 0 Å². The number of ether oxygens (including phenoxy) is 1. The second-order valence-electron chi connectivity index (χ2n) is 6.68. The van der Waals surface area contributed by atoms with E-state index in [0.29, 0.717) is 17.7 Å². The number of aryl methyl sites for hydroxylation is 1. The van der Waals surface area contributed by atoms with Crippen LogP contribution in [0.2, 0.25) is 0 Å². The zero-order valence-corrected chi connectivity index (χ0v) is 16.5. The van der Waals surface area contributed by atoms with E-state index in [2.05, 4.69) is 23.8 Å². The number of nitrogens with zero attached hydrogens (tertiary/aromatic N) is 1. The lowest BCUT2D eigenvalue weighted by molar-refractivity contribution is -0.142. The molecule has 5 nitrogen and oxygen atoms in total. The van der Waals surface area contributed by atoms with E-state index in [1.54, 1.807) is 18.3 Å². The van der Waals surface area contributed by atoms with Gasteiger partial charge in [0.05, 0.1) is 12.0 Å². The van der Waals surface area contributed by atoms with Gasteiger partial charge in [0.15, 0.2) is 5.16 Å². The van der Waals surface area contributed by atoms with Gasteiger partial charge in [-0.25, -0.2) is 4.98 Å². The molecule has 0 spiro atoms. The molecule has 0 fully saturated rings. The molecule has 0 radical (unpaired) electrons. The number of nitrogens with one attached hydrogen (secondary N) is 1. The van der Waals surface area contributed by atoms with E-state index in [0.717, 1.165) is 42.3 Å². The number of thioether (sulfide) groups is 1. The van der Waals surface area contributed by atoms with Crippen molar-refractivity contribution in [2.45, 2.75) is 63.3 Å². The van der Waals surface area contributed by atoms with E-state index in [9.17, 15) is 9.59 Å². The number of esters is 1. The molecule has 0 saturated carbocycles. The average Bonchev–Trinajstić information content (AvgIpc) is 2.92. The molecule has 2 heterocycles. The minimum absolute atomic E-state index is 0.0916. The summed E-state index contributed by atoms with van der Waals surface area (Å²) in [5.41, 5.74) is 1.08. The SMILES string of the molecule is CCCCOC(=O)[C@@H](C)Sc1nc2sc3c(c2c(=O)[nH]1)CC[C@H](C)C3. The molecule has 1 aliphatic rings. The number of unbranched alkanes of at least 4 members (excludes halogenated alkanes) is 1. The summed E-state index contributed by atoms with van der Waals surface area (Å²) in [6.07, 6.45) is 4.95. The van der Waals surface area contributed by atoms with Gasteiger partial charge in [-0.05, 0) is 44.1 Å². The fraction of sp³-hybridized carbons (Fsp3) is 0.611. The molecule has 3 rings (SSSR count). The molecule has 2 aromatic heterocycles. The molecular weight excluding hydrogens is 356 g/mol. The maximum absolute atomic E-state index is 12.6. The first kappa shape index (κ1) is 18.5. The van der Waals surface area contributed by atoms with Crippen LogP contribution in [0.15, 0.2) is 9.95 Å². The highest BCUT2D eigenvalue weighted by Gasteiger charge is 2.24. The third kappa shape index (κ3) is 4.08. The zero-order valence-electron chi connectivity index (χ0n) is 14.9. The van der Waals surface area contributed by atoms with Crippen molar-refractivity contribution in [3.05, 3.63) is 20.8 Å². The van der Waals surface area contributed by atoms with Crippen LogP contribution in [-0.2, 0) is 22.4 Å². The average molecular weight is 381 g/mol. The summed E-state index contributed by atoms with van der Waals surface area (Å²) in [7, 11) is 0.